The van der Waals surface area contributed by atoms with E-state index in [1.54, 1.807) is 11.7 Å². The first-order valence-corrected chi connectivity index (χ1v) is 9.30. The van der Waals surface area contributed by atoms with Gasteiger partial charge in [0.1, 0.15) is 0 Å². The zero-order valence-electron chi connectivity index (χ0n) is 13.7. The molecular formula is C16H23N3O3S. The maximum absolute atomic E-state index is 12.2. The van der Waals surface area contributed by atoms with Crippen LogP contribution in [0.4, 0.5) is 0 Å². The summed E-state index contributed by atoms with van der Waals surface area (Å²) in [6, 6.07) is 10.7. The molecule has 0 aliphatic carbocycles. The minimum absolute atomic E-state index is 0.0941. The van der Waals surface area contributed by atoms with E-state index in [0.717, 1.165) is 12.1 Å². The van der Waals surface area contributed by atoms with Crippen molar-refractivity contribution < 1.29 is 8.42 Å². The Morgan fingerprint density at radius 3 is 2.48 bits per heavy atom. The maximum atomic E-state index is 12.2. The van der Waals surface area contributed by atoms with Crippen molar-refractivity contribution in [3.8, 4) is 5.69 Å². The van der Waals surface area contributed by atoms with E-state index >= 15 is 0 Å². The average molecular weight is 337 g/mol. The van der Waals surface area contributed by atoms with E-state index in [9.17, 15) is 13.2 Å². The van der Waals surface area contributed by atoms with Crippen molar-refractivity contribution in [2.45, 2.75) is 26.8 Å². The summed E-state index contributed by atoms with van der Waals surface area (Å²) in [5, 5.41) is 0. The van der Waals surface area contributed by atoms with Crippen LogP contribution in [0.15, 0.2) is 41.2 Å². The molecule has 1 N–H and O–H groups in total. The highest BCUT2D eigenvalue weighted by atomic mass is 32.2. The van der Waals surface area contributed by atoms with Crippen LogP contribution in [0.25, 0.3) is 5.69 Å². The molecule has 6 nitrogen and oxygen atoms in total. The minimum Gasteiger partial charge on any atom is -0.284 e. The highest BCUT2D eigenvalue weighted by Gasteiger charge is 2.16. The lowest BCUT2D eigenvalue weighted by atomic mass is 10.2. The predicted octanol–water partition coefficient (Wildman–Crippen LogP) is 1.64. The fourth-order valence-corrected chi connectivity index (χ4v) is 3.81. The minimum atomic E-state index is -3.35. The molecule has 1 atom stereocenters. The monoisotopic (exact) mass is 337 g/mol. The second-order valence-corrected chi connectivity index (χ2v) is 7.61. The topological polar surface area (TPSA) is 73.1 Å². The van der Waals surface area contributed by atoms with E-state index < -0.39 is 10.0 Å². The predicted molar refractivity (Wildman–Crippen MR) is 91.1 cm³/mol. The first kappa shape index (κ1) is 17.5. The molecule has 0 aliphatic heterocycles. The van der Waals surface area contributed by atoms with E-state index in [2.05, 4.69) is 4.72 Å². The van der Waals surface area contributed by atoms with Gasteiger partial charge in [0.2, 0.25) is 10.0 Å². The van der Waals surface area contributed by atoms with E-state index in [-0.39, 0.29) is 23.8 Å². The number of benzene rings is 1. The van der Waals surface area contributed by atoms with Gasteiger partial charge in [-0.2, -0.15) is 0 Å². The molecule has 0 spiro atoms. The number of hydrogen-bond donors (Lipinski definition) is 1. The Labute approximate surface area is 136 Å². The number of sulfonamides is 1. The fraction of sp³-hybridized carbons (Fsp3) is 0.438. The summed E-state index contributed by atoms with van der Waals surface area (Å²) in [6.07, 6.45) is 0.809. The van der Waals surface area contributed by atoms with Gasteiger partial charge in [-0.15, -0.1) is 0 Å². The zero-order chi connectivity index (χ0) is 17.0. The summed E-state index contributed by atoms with van der Waals surface area (Å²) in [7, 11) is -1.61. The molecule has 0 saturated heterocycles. The van der Waals surface area contributed by atoms with Crippen LogP contribution >= 0.6 is 0 Å². The smallest absolute Gasteiger partial charge is 0.271 e. The summed E-state index contributed by atoms with van der Waals surface area (Å²) in [5.74, 6) is 0.196. The normalized spacial score (nSPS) is 13.2. The van der Waals surface area contributed by atoms with Crippen molar-refractivity contribution in [3.63, 3.8) is 0 Å². The highest BCUT2D eigenvalue weighted by Crippen LogP contribution is 2.08. The van der Waals surface area contributed by atoms with Crippen molar-refractivity contribution in [1.82, 2.24) is 14.1 Å². The Bertz CT molecular complexity index is 807. The third kappa shape index (κ3) is 4.33. The van der Waals surface area contributed by atoms with Gasteiger partial charge in [-0.05, 0) is 18.1 Å². The molecule has 0 aliphatic rings. The van der Waals surface area contributed by atoms with Gasteiger partial charge in [-0.1, -0.05) is 38.5 Å². The molecule has 1 heterocycles. The van der Waals surface area contributed by atoms with Crippen molar-refractivity contribution in [2.24, 2.45) is 13.0 Å². The van der Waals surface area contributed by atoms with Gasteiger partial charge in [0.25, 0.3) is 5.56 Å². The number of para-hydroxylation sites is 1. The van der Waals surface area contributed by atoms with Crippen LogP contribution in [0.5, 0.6) is 0 Å². The zero-order valence-corrected chi connectivity index (χ0v) is 14.5. The number of hydrogen-bond acceptors (Lipinski definition) is 3. The fourth-order valence-electron chi connectivity index (χ4n) is 2.34. The van der Waals surface area contributed by atoms with Gasteiger partial charge in [-0.25, -0.2) is 17.8 Å². The lowest BCUT2D eigenvalue weighted by Gasteiger charge is -2.12. The lowest BCUT2D eigenvalue weighted by molar-refractivity contribution is 0.546. The molecular weight excluding hydrogens is 314 g/mol. The summed E-state index contributed by atoms with van der Waals surface area (Å²) in [6.45, 7) is 3.97. The Hall–Kier alpha value is -1.86. The third-order valence-corrected chi connectivity index (χ3v) is 5.48. The number of nitrogens with one attached hydrogen (secondary N) is 1. The van der Waals surface area contributed by atoms with E-state index in [1.807, 2.05) is 44.2 Å². The molecule has 1 aromatic heterocycles. The second-order valence-electron chi connectivity index (χ2n) is 5.76. The van der Waals surface area contributed by atoms with Crippen LogP contribution in [0.2, 0.25) is 0 Å². The molecule has 0 bridgehead atoms. The van der Waals surface area contributed by atoms with Crippen molar-refractivity contribution in [3.05, 3.63) is 52.4 Å². The van der Waals surface area contributed by atoms with Crippen LogP contribution in [-0.2, 0) is 23.6 Å². The summed E-state index contributed by atoms with van der Waals surface area (Å²) < 4.78 is 29.8. The van der Waals surface area contributed by atoms with Crippen LogP contribution in [-0.4, -0.2) is 23.5 Å². The van der Waals surface area contributed by atoms with Crippen molar-refractivity contribution >= 4 is 10.0 Å². The molecule has 0 saturated carbocycles. The average Bonchev–Trinajstić information content (AvgIpc) is 2.80. The molecule has 1 aromatic carbocycles. The first-order chi connectivity index (χ1) is 10.8. The second kappa shape index (κ2) is 7.14. The third-order valence-electron chi connectivity index (χ3n) is 3.89. The van der Waals surface area contributed by atoms with Gasteiger partial charge in [0, 0.05) is 13.1 Å². The Kier molecular flexibility index (Phi) is 5.43. The lowest BCUT2D eigenvalue weighted by Crippen LogP contribution is -2.29. The van der Waals surface area contributed by atoms with E-state index in [4.69, 9.17) is 0 Å². The van der Waals surface area contributed by atoms with Crippen LogP contribution < -0.4 is 10.3 Å². The Morgan fingerprint density at radius 1 is 1.22 bits per heavy atom. The van der Waals surface area contributed by atoms with Gasteiger partial charge >= 0.3 is 0 Å². The SMILES string of the molecule is CCC(C)CS(=O)(=O)NCc1cc(=O)n(-c2ccccc2)n1C. The van der Waals surface area contributed by atoms with Gasteiger partial charge < -0.3 is 0 Å². The molecule has 23 heavy (non-hydrogen) atoms. The van der Waals surface area contributed by atoms with Crippen LogP contribution in [0.1, 0.15) is 26.0 Å². The molecule has 7 heteroatoms. The molecule has 0 radical (unpaired) electrons. The van der Waals surface area contributed by atoms with Crippen molar-refractivity contribution in [1.29, 1.82) is 0 Å². The van der Waals surface area contributed by atoms with Crippen molar-refractivity contribution in [2.75, 3.05) is 5.75 Å². The largest absolute Gasteiger partial charge is 0.284 e. The Balaban J connectivity index is 2.19. The molecule has 0 amide bonds. The number of aromatic nitrogens is 2. The maximum Gasteiger partial charge on any atom is 0.271 e. The molecule has 1 unspecified atom stereocenters. The molecule has 0 fully saturated rings. The molecule has 2 rings (SSSR count). The standard InChI is InChI=1S/C16H23N3O3S/c1-4-13(2)12-23(21,22)17-11-15-10-16(20)19(18(15)3)14-8-6-5-7-9-14/h5-10,13,17H,4,11-12H2,1-3H3. The van der Waals surface area contributed by atoms with E-state index in [1.165, 1.54) is 10.7 Å². The highest BCUT2D eigenvalue weighted by molar-refractivity contribution is 7.89. The van der Waals surface area contributed by atoms with Crippen LogP contribution in [0.3, 0.4) is 0 Å². The molecule has 126 valence electrons. The number of nitrogens with zero attached hydrogens (tertiary/aromatic N) is 2. The van der Waals surface area contributed by atoms with Gasteiger partial charge in [0.15, 0.2) is 0 Å². The van der Waals surface area contributed by atoms with E-state index in [0.29, 0.717) is 5.69 Å². The molecule has 2 aromatic rings. The van der Waals surface area contributed by atoms with Gasteiger partial charge in [-0.3, -0.25) is 9.48 Å². The Morgan fingerprint density at radius 2 is 1.87 bits per heavy atom. The number of rotatable bonds is 7. The van der Waals surface area contributed by atoms with Gasteiger partial charge in [0.05, 0.1) is 23.7 Å². The van der Waals surface area contributed by atoms with Crippen LogP contribution in [0, 0.1) is 5.92 Å². The summed E-state index contributed by atoms with van der Waals surface area (Å²) in [5.41, 5.74) is 1.18. The summed E-state index contributed by atoms with van der Waals surface area (Å²) >= 11 is 0. The summed E-state index contributed by atoms with van der Waals surface area (Å²) in [4.78, 5) is 12.2. The first-order valence-electron chi connectivity index (χ1n) is 7.64. The quantitative estimate of drug-likeness (QED) is 0.835.